The van der Waals surface area contributed by atoms with Crippen LogP contribution in [0.15, 0.2) is 0 Å². The molecule has 0 heterocycles. The number of carbonyl (C=O) groups excluding carboxylic acids is 1. The summed E-state index contributed by atoms with van der Waals surface area (Å²) in [4.78, 5) is 10.9. The van der Waals surface area contributed by atoms with E-state index >= 15 is 0 Å². The fraction of sp³-hybridized carbons (Fsp3) is 0.778. The number of nitrogens with one attached hydrogen (secondary N) is 1. The van der Waals surface area contributed by atoms with Crippen molar-refractivity contribution in [1.29, 1.82) is 5.26 Å². The molecule has 0 saturated carbocycles. The van der Waals surface area contributed by atoms with E-state index in [0.717, 1.165) is 6.42 Å². The predicted molar refractivity (Wildman–Crippen MR) is 48.7 cm³/mol. The smallest absolute Gasteiger partial charge is 0.234 e. The average Bonchev–Trinajstić information content (AvgIpc) is 2.12. The third kappa shape index (κ3) is 6.12. The lowest BCUT2D eigenvalue weighted by atomic mass is 10.0. The molecule has 0 aromatic heterocycles. The SMILES string of the molecule is CCC(CCO)CNC(=O)CC#N. The van der Waals surface area contributed by atoms with Crippen LogP contribution < -0.4 is 5.32 Å². The van der Waals surface area contributed by atoms with Crippen molar-refractivity contribution in [1.82, 2.24) is 5.32 Å². The Labute approximate surface area is 78.6 Å². The second-order valence-corrected chi connectivity index (χ2v) is 2.93. The van der Waals surface area contributed by atoms with E-state index in [4.69, 9.17) is 10.4 Å². The van der Waals surface area contributed by atoms with Crippen LogP contribution in [0, 0.1) is 17.2 Å². The van der Waals surface area contributed by atoms with Crippen molar-refractivity contribution in [2.24, 2.45) is 5.92 Å². The summed E-state index contributed by atoms with van der Waals surface area (Å²) in [7, 11) is 0. The van der Waals surface area contributed by atoms with Gasteiger partial charge in [0.15, 0.2) is 0 Å². The summed E-state index contributed by atoms with van der Waals surface area (Å²) < 4.78 is 0. The maximum absolute atomic E-state index is 10.9. The van der Waals surface area contributed by atoms with Crippen molar-refractivity contribution >= 4 is 5.91 Å². The first-order valence-electron chi connectivity index (χ1n) is 4.49. The van der Waals surface area contributed by atoms with E-state index in [2.05, 4.69) is 5.32 Å². The zero-order chi connectivity index (χ0) is 10.1. The van der Waals surface area contributed by atoms with Crippen molar-refractivity contribution in [2.75, 3.05) is 13.2 Å². The number of amides is 1. The van der Waals surface area contributed by atoms with Crippen LogP contribution in [0.5, 0.6) is 0 Å². The van der Waals surface area contributed by atoms with Gasteiger partial charge in [-0.2, -0.15) is 5.26 Å². The molecule has 0 aromatic carbocycles. The lowest BCUT2D eigenvalue weighted by Gasteiger charge is -2.13. The lowest BCUT2D eigenvalue weighted by molar-refractivity contribution is -0.120. The van der Waals surface area contributed by atoms with E-state index in [0.29, 0.717) is 18.9 Å². The number of aliphatic hydroxyl groups is 1. The molecule has 1 amide bonds. The molecular formula is C9H16N2O2. The molecular weight excluding hydrogens is 168 g/mol. The second kappa shape index (κ2) is 7.56. The molecule has 4 heteroatoms. The van der Waals surface area contributed by atoms with Gasteiger partial charge in [0.05, 0.1) is 6.07 Å². The van der Waals surface area contributed by atoms with Gasteiger partial charge in [0.2, 0.25) is 5.91 Å². The maximum atomic E-state index is 10.9. The first-order chi connectivity index (χ1) is 6.24. The van der Waals surface area contributed by atoms with Crippen LogP contribution in [0.2, 0.25) is 0 Å². The highest BCUT2D eigenvalue weighted by Gasteiger charge is 2.07. The quantitative estimate of drug-likeness (QED) is 0.628. The summed E-state index contributed by atoms with van der Waals surface area (Å²) in [5, 5.41) is 19.5. The van der Waals surface area contributed by atoms with Gasteiger partial charge in [-0.3, -0.25) is 4.79 Å². The molecule has 0 radical (unpaired) electrons. The van der Waals surface area contributed by atoms with Gasteiger partial charge < -0.3 is 10.4 Å². The van der Waals surface area contributed by atoms with Gasteiger partial charge in [0.1, 0.15) is 6.42 Å². The molecule has 0 aliphatic rings. The minimum absolute atomic E-state index is 0.0877. The van der Waals surface area contributed by atoms with Crippen LogP contribution in [-0.4, -0.2) is 24.2 Å². The summed E-state index contributed by atoms with van der Waals surface area (Å²) in [5.41, 5.74) is 0. The Balaban J connectivity index is 3.59. The largest absolute Gasteiger partial charge is 0.396 e. The Kier molecular flexibility index (Phi) is 6.93. The van der Waals surface area contributed by atoms with Gasteiger partial charge in [0, 0.05) is 13.2 Å². The number of aliphatic hydroxyl groups excluding tert-OH is 1. The lowest BCUT2D eigenvalue weighted by Crippen LogP contribution is -2.29. The van der Waals surface area contributed by atoms with Crippen molar-refractivity contribution in [3.63, 3.8) is 0 Å². The molecule has 74 valence electrons. The number of rotatable bonds is 6. The molecule has 0 bridgehead atoms. The maximum Gasteiger partial charge on any atom is 0.234 e. The van der Waals surface area contributed by atoms with Crippen molar-refractivity contribution in [3.8, 4) is 6.07 Å². The molecule has 1 atom stereocenters. The van der Waals surface area contributed by atoms with Crippen molar-refractivity contribution in [3.05, 3.63) is 0 Å². The summed E-state index contributed by atoms with van der Waals surface area (Å²) in [6.07, 6.45) is 1.53. The number of hydrogen-bond donors (Lipinski definition) is 2. The molecule has 0 aliphatic heterocycles. The van der Waals surface area contributed by atoms with Gasteiger partial charge in [-0.25, -0.2) is 0 Å². The molecule has 0 aromatic rings. The predicted octanol–water partition coefficient (Wildman–Crippen LogP) is 0.425. The first kappa shape index (κ1) is 11.9. The molecule has 13 heavy (non-hydrogen) atoms. The molecule has 2 N–H and O–H groups in total. The Hall–Kier alpha value is -1.08. The molecule has 1 unspecified atom stereocenters. The van der Waals surface area contributed by atoms with Gasteiger partial charge in [-0.1, -0.05) is 13.3 Å². The van der Waals surface area contributed by atoms with Gasteiger partial charge >= 0.3 is 0 Å². The first-order valence-corrected chi connectivity index (χ1v) is 4.49. The number of hydrogen-bond acceptors (Lipinski definition) is 3. The van der Waals surface area contributed by atoms with E-state index in [1.54, 1.807) is 6.07 Å². The molecule has 0 aliphatic carbocycles. The zero-order valence-electron chi connectivity index (χ0n) is 7.92. The highest BCUT2D eigenvalue weighted by molar-refractivity contribution is 5.77. The Bertz CT molecular complexity index is 187. The molecule has 0 saturated heterocycles. The van der Waals surface area contributed by atoms with E-state index in [1.807, 2.05) is 6.92 Å². The van der Waals surface area contributed by atoms with Crippen LogP contribution >= 0.6 is 0 Å². The number of carbonyl (C=O) groups is 1. The molecule has 0 spiro atoms. The standard InChI is InChI=1S/C9H16N2O2/c1-2-8(4-6-12)7-11-9(13)3-5-10/h8,12H,2-4,6-7H2,1H3,(H,11,13). The summed E-state index contributed by atoms with van der Waals surface area (Å²) in [6.45, 7) is 2.71. The fourth-order valence-electron chi connectivity index (χ4n) is 1.03. The Morgan fingerprint density at radius 1 is 1.69 bits per heavy atom. The number of nitriles is 1. The van der Waals surface area contributed by atoms with E-state index in [-0.39, 0.29) is 18.9 Å². The number of nitrogens with zero attached hydrogens (tertiary/aromatic N) is 1. The van der Waals surface area contributed by atoms with Crippen LogP contribution in [0.4, 0.5) is 0 Å². The van der Waals surface area contributed by atoms with E-state index in [1.165, 1.54) is 0 Å². The normalized spacial score (nSPS) is 11.8. The topological polar surface area (TPSA) is 73.1 Å². The van der Waals surface area contributed by atoms with Crippen LogP contribution in [0.3, 0.4) is 0 Å². The summed E-state index contributed by atoms with van der Waals surface area (Å²) in [5.74, 6) is 0.0755. The van der Waals surface area contributed by atoms with Gasteiger partial charge in [-0.05, 0) is 12.3 Å². The third-order valence-electron chi connectivity index (χ3n) is 1.94. The van der Waals surface area contributed by atoms with Crippen molar-refractivity contribution in [2.45, 2.75) is 26.2 Å². The van der Waals surface area contributed by atoms with Crippen LogP contribution in [0.1, 0.15) is 26.2 Å². The van der Waals surface area contributed by atoms with Gasteiger partial charge in [-0.15, -0.1) is 0 Å². The Morgan fingerprint density at radius 2 is 2.38 bits per heavy atom. The summed E-state index contributed by atoms with van der Waals surface area (Å²) in [6, 6.07) is 1.78. The minimum atomic E-state index is -0.237. The highest BCUT2D eigenvalue weighted by atomic mass is 16.3. The average molecular weight is 184 g/mol. The molecule has 0 fully saturated rings. The van der Waals surface area contributed by atoms with E-state index in [9.17, 15) is 4.79 Å². The molecule has 4 nitrogen and oxygen atoms in total. The second-order valence-electron chi connectivity index (χ2n) is 2.93. The zero-order valence-corrected chi connectivity index (χ0v) is 7.92. The van der Waals surface area contributed by atoms with Crippen LogP contribution in [0.25, 0.3) is 0 Å². The van der Waals surface area contributed by atoms with Crippen molar-refractivity contribution < 1.29 is 9.90 Å². The summed E-state index contributed by atoms with van der Waals surface area (Å²) >= 11 is 0. The van der Waals surface area contributed by atoms with Gasteiger partial charge in [0.25, 0.3) is 0 Å². The fourth-order valence-corrected chi connectivity index (χ4v) is 1.03. The van der Waals surface area contributed by atoms with E-state index < -0.39 is 0 Å². The monoisotopic (exact) mass is 184 g/mol. The highest BCUT2D eigenvalue weighted by Crippen LogP contribution is 2.05. The molecule has 0 rings (SSSR count). The minimum Gasteiger partial charge on any atom is -0.396 e. The Morgan fingerprint density at radius 3 is 2.85 bits per heavy atom. The third-order valence-corrected chi connectivity index (χ3v) is 1.94. The van der Waals surface area contributed by atoms with Crippen LogP contribution in [-0.2, 0) is 4.79 Å².